The van der Waals surface area contributed by atoms with Crippen molar-refractivity contribution in [1.82, 2.24) is 9.97 Å². The Labute approximate surface area is 118 Å². The number of piperidine rings is 1. The predicted octanol–water partition coefficient (Wildman–Crippen LogP) is 2.07. The van der Waals surface area contributed by atoms with Crippen molar-refractivity contribution in [2.24, 2.45) is 5.92 Å². The SMILES string of the molecule is COCC1CCN(c2ncnc3ccc(N)cc23)CC1. The molecule has 2 heterocycles. The number of fused-ring (bicyclic) bond motifs is 1. The molecule has 0 atom stereocenters. The number of ether oxygens (including phenoxy) is 1. The maximum Gasteiger partial charge on any atom is 0.139 e. The zero-order valence-corrected chi connectivity index (χ0v) is 11.7. The molecule has 1 fully saturated rings. The van der Waals surface area contributed by atoms with E-state index in [2.05, 4.69) is 14.9 Å². The third-order valence-corrected chi connectivity index (χ3v) is 3.95. The highest BCUT2D eigenvalue weighted by atomic mass is 16.5. The van der Waals surface area contributed by atoms with Crippen molar-refractivity contribution in [3.05, 3.63) is 24.5 Å². The van der Waals surface area contributed by atoms with E-state index < -0.39 is 0 Å². The molecule has 0 spiro atoms. The van der Waals surface area contributed by atoms with E-state index in [0.717, 1.165) is 54.9 Å². The highest BCUT2D eigenvalue weighted by Gasteiger charge is 2.21. The number of benzene rings is 1. The van der Waals surface area contributed by atoms with Crippen molar-refractivity contribution in [3.8, 4) is 0 Å². The summed E-state index contributed by atoms with van der Waals surface area (Å²) in [7, 11) is 1.77. The second-order valence-corrected chi connectivity index (χ2v) is 5.36. The van der Waals surface area contributed by atoms with Gasteiger partial charge in [-0.15, -0.1) is 0 Å². The standard InChI is InChI=1S/C15H20N4O/c1-20-9-11-4-6-19(7-5-11)15-13-8-12(16)2-3-14(13)17-10-18-15/h2-3,8,10-11H,4-7,9,16H2,1H3. The molecule has 0 amide bonds. The first-order valence-corrected chi connectivity index (χ1v) is 7.02. The van der Waals surface area contributed by atoms with E-state index in [1.807, 2.05) is 18.2 Å². The molecule has 0 saturated carbocycles. The minimum Gasteiger partial charge on any atom is -0.399 e. The molecule has 5 heteroatoms. The second-order valence-electron chi connectivity index (χ2n) is 5.36. The molecule has 1 aromatic carbocycles. The first-order chi connectivity index (χ1) is 9.78. The van der Waals surface area contributed by atoms with Gasteiger partial charge in [-0.3, -0.25) is 0 Å². The summed E-state index contributed by atoms with van der Waals surface area (Å²) >= 11 is 0. The molecule has 0 radical (unpaired) electrons. The molecule has 0 bridgehead atoms. The molecule has 1 saturated heterocycles. The predicted molar refractivity (Wildman–Crippen MR) is 80.8 cm³/mol. The largest absolute Gasteiger partial charge is 0.399 e. The van der Waals surface area contributed by atoms with Crippen LogP contribution in [-0.4, -0.2) is 36.8 Å². The Kier molecular flexibility index (Phi) is 3.69. The van der Waals surface area contributed by atoms with E-state index in [-0.39, 0.29) is 0 Å². The van der Waals surface area contributed by atoms with Crippen molar-refractivity contribution in [3.63, 3.8) is 0 Å². The van der Waals surface area contributed by atoms with Gasteiger partial charge in [-0.1, -0.05) is 0 Å². The molecule has 2 N–H and O–H groups in total. The molecule has 5 nitrogen and oxygen atoms in total. The van der Waals surface area contributed by atoms with Gasteiger partial charge in [0.1, 0.15) is 12.1 Å². The molecule has 2 aromatic rings. The lowest BCUT2D eigenvalue weighted by atomic mass is 9.97. The monoisotopic (exact) mass is 272 g/mol. The van der Waals surface area contributed by atoms with Gasteiger partial charge in [-0.25, -0.2) is 9.97 Å². The molecular formula is C15H20N4O. The zero-order chi connectivity index (χ0) is 13.9. The molecule has 0 unspecified atom stereocenters. The van der Waals surface area contributed by atoms with E-state index in [4.69, 9.17) is 10.5 Å². The van der Waals surface area contributed by atoms with Crippen molar-refractivity contribution >= 4 is 22.4 Å². The molecule has 20 heavy (non-hydrogen) atoms. The third-order valence-electron chi connectivity index (χ3n) is 3.95. The number of anilines is 2. The van der Waals surface area contributed by atoms with Crippen LogP contribution >= 0.6 is 0 Å². The van der Waals surface area contributed by atoms with Gasteiger partial charge in [0, 0.05) is 37.9 Å². The third kappa shape index (κ3) is 2.54. The van der Waals surface area contributed by atoms with Crippen LogP contribution in [0.5, 0.6) is 0 Å². The van der Waals surface area contributed by atoms with Crippen LogP contribution in [0.15, 0.2) is 24.5 Å². The first-order valence-electron chi connectivity index (χ1n) is 7.02. The summed E-state index contributed by atoms with van der Waals surface area (Å²) in [4.78, 5) is 11.1. The van der Waals surface area contributed by atoms with Crippen LogP contribution in [0.4, 0.5) is 11.5 Å². The average molecular weight is 272 g/mol. The number of methoxy groups -OCH3 is 1. The highest BCUT2D eigenvalue weighted by molar-refractivity contribution is 5.91. The maximum atomic E-state index is 5.89. The van der Waals surface area contributed by atoms with E-state index in [1.165, 1.54) is 0 Å². The van der Waals surface area contributed by atoms with Gasteiger partial charge in [0.05, 0.1) is 5.52 Å². The maximum absolute atomic E-state index is 5.89. The van der Waals surface area contributed by atoms with E-state index in [1.54, 1.807) is 13.4 Å². The van der Waals surface area contributed by atoms with E-state index in [9.17, 15) is 0 Å². The second kappa shape index (κ2) is 5.63. The lowest BCUT2D eigenvalue weighted by Crippen LogP contribution is -2.35. The first kappa shape index (κ1) is 13.1. The number of aromatic nitrogens is 2. The van der Waals surface area contributed by atoms with Crippen molar-refractivity contribution in [1.29, 1.82) is 0 Å². The number of nitrogens with zero attached hydrogens (tertiary/aromatic N) is 3. The quantitative estimate of drug-likeness (QED) is 0.867. The normalized spacial score (nSPS) is 16.8. The van der Waals surface area contributed by atoms with Gasteiger partial charge in [-0.2, -0.15) is 0 Å². The molecule has 1 aromatic heterocycles. The summed E-state index contributed by atoms with van der Waals surface area (Å²) in [6.07, 6.45) is 3.92. The number of hydrogen-bond acceptors (Lipinski definition) is 5. The Balaban J connectivity index is 1.86. The summed E-state index contributed by atoms with van der Waals surface area (Å²) in [5.41, 5.74) is 7.59. The van der Waals surface area contributed by atoms with Crippen molar-refractivity contribution < 1.29 is 4.74 Å². The number of nitrogens with two attached hydrogens (primary N) is 1. The number of hydrogen-bond donors (Lipinski definition) is 1. The van der Waals surface area contributed by atoms with E-state index in [0.29, 0.717) is 5.92 Å². The van der Waals surface area contributed by atoms with Gasteiger partial charge < -0.3 is 15.4 Å². The Bertz CT molecular complexity index is 593. The van der Waals surface area contributed by atoms with Gasteiger partial charge in [-0.05, 0) is 37.0 Å². The van der Waals surface area contributed by atoms with Crippen LogP contribution in [0.3, 0.4) is 0 Å². The molecule has 1 aliphatic rings. The Morgan fingerprint density at radius 1 is 1.30 bits per heavy atom. The fourth-order valence-electron chi connectivity index (χ4n) is 2.86. The number of rotatable bonds is 3. The van der Waals surface area contributed by atoms with Gasteiger partial charge in [0.25, 0.3) is 0 Å². The van der Waals surface area contributed by atoms with Crippen LogP contribution in [0.2, 0.25) is 0 Å². The number of nitrogen functional groups attached to an aromatic ring is 1. The molecular weight excluding hydrogens is 252 g/mol. The van der Waals surface area contributed by atoms with Crippen molar-refractivity contribution in [2.45, 2.75) is 12.8 Å². The highest BCUT2D eigenvalue weighted by Crippen LogP contribution is 2.28. The Morgan fingerprint density at radius 3 is 2.85 bits per heavy atom. The summed E-state index contributed by atoms with van der Waals surface area (Å²) in [5.74, 6) is 1.66. The topological polar surface area (TPSA) is 64.3 Å². The van der Waals surface area contributed by atoms with E-state index >= 15 is 0 Å². The summed E-state index contributed by atoms with van der Waals surface area (Å²) in [6.45, 7) is 2.87. The van der Waals surface area contributed by atoms with Crippen LogP contribution < -0.4 is 10.6 Å². The molecule has 3 rings (SSSR count). The minimum absolute atomic E-state index is 0.662. The van der Waals surface area contributed by atoms with Crippen molar-refractivity contribution in [2.75, 3.05) is 37.4 Å². The van der Waals surface area contributed by atoms with Gasteiger partial charge in [0.2, 0.25) is 0 Å². The minimum atomic E-state index is 0.662. The smallest absolute Gasteiger partial charge is 0.139 e. The van der Waals surface area contributed by atoms with Gasteiger partial charge >= 0.3 is 0 Å². The summed E-state index contributed by atoms with van der Waals surface area (Å²) < 4.78 is 5.25. The van der Waals surface area contributed by atoms with Crippen LogP contribution in [0.25, 0.3) is 10.9 Å². The van der Waals surface area contributed by atoms with Crippen LogP contribution in [-0.2, 0) is 4.74 Å². The fraction of sp³-hybridized carbons (Fsp3) is 0.467. The lowest BCUT2D eigenvalue weighted by Gasteiger charge is -2.33. The Morgan fingerprint density at radius 2 is 2.10 bits per heavy atom. The lowest BCUT2D eigenvalue weighted by molar-refractivity contribution is 0.139. The van der Waals surface area contributed by atoms with Gasteiger partial charge in [0.15, 0.2) is 0 Å². The molecule has 106 valence electrons. The summed E-state index contributed by atoms with van der Waals surface area (Å²) in [5, 5.41) is 1.04. The van der Waals surface area contributed by atoms with Crippen LogP contribution in [0, 0.1) is 5.92 Å². The van der Waals surface area contributed by atoms with Crippen LogP contribution in [0.1, 0.15) is 12.8 Å². The molecule has 1 aliphatic heterocycles. The average Bonchev–Trinajstić information content (AvgIpc) is 2.48. The summed E-state index contributed by atoms with van der Waals surface area (Å²) in [6, 6.07) is 5.80. The fourth-order valence-corrected chi connectivity index (χ4v) is 2.86. The zero-order valence-electron chi connectivity index (χ0n) is 11.7. The Hall–Kier alpha value is -1.88. The molecule has 0 aliphatic carbocycles.